The van der Waals surface area contributed by atoms with Crippen molar-refractivity contribution in [2.24, 2.45) is 11.1 Å². The minimum Gasteiger partial charge on any atom is -0.382 e. The Balaban J connectivity index is 1.35. The number of hydrogen-bond donors (Lipinski definition) is 2. The fraction of sp³-hybridized carbons (Fsp3) is 0.393. The second kappa shape index (κ2) is 9.72. The van der Waals surface area contributed by atoms with Crippen molar-refractivity contribution in [3.8, 4) is 0 Å². The van der Waals surface area contributed by atoms with Crippen molar-refractivity contribution in [1.82, 2.24) is 24.3 Å². The summed E-state index contributed by atoms with van der Waals surface area (Å²) in [7, 11) is 4.10. The second-order valence-electron chi connectivity index (χ2n) is 10.8. The molecule has 1 saturated heterocycles. The Morgan fingerprint density at radius 2 is 1.92 bits per heavy atom. The first-order valence-corrected chi connectivity index (χ1v) is 14.1. The lowest BCUT2D eigenvalue weighted by Gasteiger charge is -2.42. The van der Waals surface area contributed by atoms with Crippen molar-refractivity contribution in [2.75, 3.05) is 37.8 Å². The highest BCUT2D eigenvalue weighted by Gasteiger charge is 2.46. The molecule has 0 saturated carbocycles. The molecule has 8 nitrogen and oxygen atoms in total. The molecule has 0 amide bonds. The molecule has 4 aromatic rings. The summed E-state index contributed by atoms with van der Waals surface area (Å²) in [6, 6.07) is 10.6. The number of piperidine rings is 1. The van der Waals surface area contributed by atoms with E-state index in [4.69, 9.17) is 33.0 Å². The summed E-state index contributed by atoms with van der Waals surface area (Å²) >= 11 is 8.03. The number of aromatic nitrogens is 4. The Morgan fingerprint density at radius 1 is 1.16 bits per heavy atom. The van der Waals surface area contributed by atoms with Crippen molar-refractivity contribution < 1.29 is 0 Å². The van der Waals surface area contributed by atoms with Gasteiger partial charge in [-0.2, -0.15) is 0 Å². The van der Waals surface area contributed by atoms with Gasteiger partial charge >= 0.3 is 0 Å². The smallest absolute Gasteiger partial charge is 0.211 e. The Kier molecular flexibility index (Phi) is 6.50. The number of fused-ring (bicyclic) bond motifs is 2. The molecule has 38 heavy (non-hydrogen) atoms. The number of nitrogens with zero attached hydrogens (tertiary/aromatic N) is 6. The van der Waals surface area contributed by atoms with E-state index in [9.17, 15) is 0 Å². The lowest BCUT2D eigenvalue weighted by atomic mass is 9.73. The number of aryl methyl sites for hydroxylation is 1. The number of imidazole rings is 1. The van der Waals surface area contributed by atoms with Gasteiger partial charge in [-0.1, -0.05) is 47.6 Å². The molecule has 1 aliphatic heterocycles. The SMILES string of the molecule is Cc1nc(N2CCC3(CC2)Cc2ccccc2[C@H]3N)n2cc(CN(C)C)nc2c1Sc1ccnc(N)c1Cl. The van der Waals surface area contributed by atoms with Crippen LogP contribution in [-0.4, -0.2) is 51.4 Å². The molecule has 0 unspecified atom stereocenters. The third-order valence-electron chi connectivity index (χ3n) is 7.98. The number of nitrogens with two attached hydrogens (primary N) is 2. The molecule has 0 bridgehead atoms. The van der Waals surface area contributed by atoms with E-state index in [1.54, 1.807) is 6.20 Å². The molecular weight excluding hydrogens is 516 g/mol. The molecule has 1 spiro atoms. The Hall–Kier alpha value is -2.85. The molecule has 3 aromatic heterocycles. The van der Waals surface area contributed by atoms with E-state index in [1.807, 2.05) is 13.0 Å². The lowest BCUT2D eigenvalue weighted by Crippen LogP contribution is -2.45. The summed E-state index contributed by atoms with van der Waals surface area (Å²) in [6.07, 6.45) is 6.92. The summed E-state index contributed by atoms with van der Waals surface area (Å²) in [5, 5.41) is 0.453. The van der Waals surface area contributed by atoms with Crippen LogP contribution in [0, 0.1) is 12.3 Å². The van der Waals surface area contributed by atoms with Gasteiger partial charge in [0.2, 0.25) is 5.95 Å². The number of anilines is 2. The van der Waals surface area contributed by atoms with Crippen molar-refractivity contribution in [1.29, 1.82) is 0 Å². The first kappa shape index (κ1) is 25.4. The standard InChI is InChI=1S/C28H33ClN8S/c1-17-23(38-21-8-11-32-25(31)22(21)29)26-34-19(15-35(2)3)16-37(26)27(33-17)36-12-9-28(10-13-36)14-18-6-4-5-7-20(18)24(28)30/h4-8,11,16,24H,9-10,12-15,30H2,1-3H3,(H2,31,32)/t24-/m1/s1. The van der Waals surface area contributed by atoms with Gasteiger partial charge in [0.15, 0.2) is 5.65 Å². The fourth-order valence-electron chi connectivity index (χ4n) is 5.99. The van der Waals surface area contributed by atoms with Crippen LogP contribution >= 0.6 is 23.4 Å². The Morgan fingerprint density at radius 3 is 2.66 bits per heavy atom. The van der Waals surface area contributed by atoms with Crippen LogP contribution in [-0.2, 0) is 13.0 Å². The topological polar surface area (TPSA) is 102 Å². The molecule has 0 radical (unpaired) electrons. The maximum Gasteiger partial charge on any atom is 0.211 e. The third-order valence-corrected chi connectivity index (χ3v) is 9.73. The predicted molar refractivity (Wildman–Crippen MR) is 154 cm³/mol. The highest BCUT2D eigenvalue weighted by molar-refractivity contribution is 7.99. The molecule has 4 heterocycles. The number of halogens is 1. The molecule has 1 aliphatic carbocycles. The highest BCUT2D eigenvalue weighted by Crippen LogP contribution is 2.51. The van der Waals surface area contributed by atoms with Crippen LogP contribution in [0.4, 0.5) is 11.8 Å². The van der Waals surface area contributed by atoms with Crippen molar-refractivity contribution >= 4 is 40.8 Å². The molecule has 6 rings (SSSR count). The number of nitrogen functional groups attached to an aromatic ring is 1. The summed E-state index contributed by atoms with van der Waals surface area (Å²) < 4.78 is 2.15. The largest absolute Gasteiger partial charge is 0.382 e. The minimum absolute atomic E-state index is 0.0897. The van der Waals surface area contributed by atoms with E-state index in [0.717, 1.165) is 71.7 Å². The molecule has 198 valence electrons. The van der Waals surface area contributed by atoms with Gasteiger partial charge in [0.25, 0.3) is 0 Å². The predicted octanol–water partition coefficient (Wildman–Crippen LogP) is 4.72. The highest BCUT2D eigenvalue weighted by atomic mass is 35.5. The molecule has 2 aliphatic rings. The first-order chi connectivity index (χ1) is 18.3. The average molecular weight is 549 g/mol. The van der Waals surface area contributed by atoms with E-state index in [-0.39, 0.29) is 11.5 Å². The van der Waals surface area contributed by atoms with Crippen molar-refractivity contribution in [2.45, 2.75) is 48.6 Å². The summed E-state index contributed by atoms with van der Waals surface area (Å²) in [6.45, 7) is 4.59. The number of hydrogen-bond acceptors (Lipinski definition) is 8. The number of rotatable bonds is 5. The maximum absolute atomic E-state index is 6.84. The van der Waals surface area contributed by atoms with Gasteiger partial charge in [-0.3, -0.25) is 4.40 Å². The summed E-state index contributed by atoms with van der Waals surface area (Å²) in [5.41, 5.74) is 18.4. The van der Waals surface area contributed by atoms with E-state index in [0.29, 0.717) is 10.8 Å². The van der Waals surface area contributed by atoms with Gasteiger partial charge in [0.05, 0.1) is 21.3 Å². The van der Waals surface area contributed by atoms with Gasteiger partial charge in [0, 0.05) is 43.0 Å². The maximum atomic E-state index is 6.84. The zero-order valence-corrected chi connectivity index (χ0v) is 23.6. The van der Waals surface area contributed by atoms with E-state index >= 15 is 0 Å². The summed E-state index contributed by atoms with van der Waals surface area (Å²) in [4.78, 5) is 20.6. The molecule has 1 aromatic carbocycles. The zero-order chi connectivity index (χ0) is 26.6. The monoisotopic (exact) mass is 548 g/mol. The quantitative estimate of drug-likeness (QED) is 0.369. The van der Waals surface area contributed by atoms with Crippen LogP contribution < -0.4 is 16.4 Å². The van der Waals surface area contributed by atoms with Crippen LogP contribution in [0.5, 0.6) is 0 Å². The number of benzene rings is 1. The van der Waals surface area contributed by atoms with Crippen LogP contribution in [0.25, 0.3) is 5.65 Å². The average Bonchev–Trinajstić information content (AvgIpc) is 3.42. The second-order valence-corrected chi connectivity index (χ2v) is 12.2. The van der Waals surface area contributed by atoms with Crippen LogP contribution in [0.15, 0.2) is 52.5 Å². The first-order valence-electron chi connectivity index (χ1n) is 13.0. The Bertz CT molecular complexity index is 1510. The fourth-order valence-corrected chi connectivity index (χ4v) is 7.19. The van der Waals surface area contributed by atoms with Crippen LogP contribution in [0.1, 0.15) is 41.4 Å². The summed E-state index contributed by atoms with van der Waals surface area (Å²) in [5.74, 6) is 1.25. The van der Waals surface area contributed by atoms with Crippen molar-refractivity contribution in [3.05, 3.63) is 70.3 Å². The van der Waals surface area contributed by atoms with Gasteiger partial charge in [0.1, 0.15) is 5.82 Å². The Labute approximate surface area is 232 Å². The van der Waals surface area contributed by atoms with E-state index in [2.05, 4.69) is 63.7 Å². The minimum atomic E-state index is 0.0897. The molecule has 4 N–H and O–H groups in total. The van der Waals surface area contributed by atoms with Gasteiger partial charge in [-0.05, 0) is 62.9 Å². The van der Waals surface area contributed by atoms with Crippen molar-refractivity contribution in [3.63, 3.8) is 0 Å². The molecule has 1 atom stereocenters. The van der Waals surface area contributed by atoms with Gasteiger partial charge in [-0.15, -0.1) is 0 Å². The molecule has 1 fully saturated rings. The normalized spacial score (nSPS) is 18.6. The van der Waals surface area contributed by atoms with Crippen LogP contribution in [0.3, 0.4) is 0 Å². The van der Waals surface area contributed by atoms with Crippen LogP contribution in [0.2, 0.25) is 5.02 Å². The number of pyridine rings is 1. The van der Waals surface area contributed by atoms with Gasteiger partial charge < -0.3 is 21.3 Å². The van der Waals surface area contributed by atoms with Gasteiger partial charge in [-0.25, -0.2) is 15.0 Å². The zero-order valence-electron chi connectivity index (χ0n) is 22.0. The molecular formula is C28H33ClN8S. The lowest BCUT2D eigenvalue weighted by molar-refractivity contribution is 0.186. The third kappa shape index (κ3) is 4.31. The van der Waals surface area contributed by atoms with E-state index < -0.39 is 0 Å². The van der Waals surface area contributed by atoms with E-state index in [1.165, 1.54) is 22.9 Å². The molecule has 10 heteroatoms.